The number of benzene rings is 1. The number of carbonyl (C=O) groups excluding carboxylic acids is 1. The number of carbonyl (C=O) groups is 1. The highest BCUT2D eigenvalue weighted by Gasteiger charge is 2.10. The van der Waals surface area contributed by atoms with E-state index in [1.54, 1.807) is 30.5 Å². The number of nitrogens with two attached hydrogens (primary N) is 1. The zero-order valence-corrected chi connectivity index (χ0v) is 12.1. The van der Waals surface area contributed by atoms with Gasteiger partial charge < -0.3 is 11.1 Å². The van der Waals surface area contributed by atoms with Gasteiger partial charge in [-0.05, 0) is 42.9 Å². The van der Waals surface area contributed by atoms with E-state index in [0.29, 0.717) is 18.8 Å². The first kappa shape index (κ1) is 15.0. The van der Waals surface area contributed by atoms with Crippen molar-refractivity contribution in [3.8, 4) is 0 Å². The van der Waals surface area contributed by atoms with Gasteiger partial charge in [-0.15, -0.1) is 0 Å². The van der Waals surface area contributed by atoms with Gasteiger partial charge in [-0.2, -0.15) is 0 Å². The third-order valence-electron chi connectivity index (χ3n) is 3.12. The zero-order valence-electron chi connectivity index (χ0n) is 12.1. The van der Waals surface area contributed by atoms with E-state index >= 15 is 0 Å². The fourth-order valence-corrected chi connectivity index (χ4v) is 1.97. The molecule has 0 bridgehead atoms. The first-order chi connectivity index (χ1) is 10.2. The van der Waals surface area contributed by atoms with Crippen molar-refractivity contribution in [3.05, 3.63) is 54.4 Å². The van der Waals surface area contributed by atoms with E-state index in [1.165, 1.54) is 0 Å². The van der Waals surface area contributed by atoms with Gasteiger partial charge in [0, 0.05) is 24.1 Å². The number of likely N-dealkylation sites (N-methyl/N-ethyl adjacent to an activating group) is 1. The molecule has 110 valence electrons. The van der Waals surface area contributed by atoms with E-state index in [2.05, 4.69) is 10.3 Å². The Balaban J connectivity index is 1.89. The van der Waals surface area contributed by atoms with Gasteiger partial charge in [0.25, 0.3) is 0 Å². The monoisotopic (exact) mass is 284 g/mol. The first-order valence-electron chi connectivity index (χ1n) is 6.95. The third kappa shape index (κ3) is 4.89. The van der Waals surface area contributed by atoms with Crippen LogP contribution in [0.5, 0.6) is 0 Å². The first-order valence-corrected chi connectivity index (χ1v) is 6.95. The predicted octanol–water partition coefficient (Wildman–Crippen LogP) is 2.12. The van der Waals surface area contributed by atoms with Crippen molar-refractivity contribution in [2.45, 2.75) is 13.5 Å². The fourth-order valence-electron chi connectivity index (χ4n) is 1.97. The third-order valence-corrected chi connectivity index (χ3v) is 3.12. The van der Waals surface area contributed by atoms with E-state index in [-0.39, 0.29) is 5.91 Å². The van der Waals surface area contributed by atoms with E-state index in [4.69, 9.17) is 5.73 Å². The second-order valence-electron chi connectivity index (χ2n) is 4.79. The molecule has 0 aliphatic carbocycles. The van der Waals surface area contributed by atoms with Crippen molar-refractivity contribution in [2.24, 2.45) is 0 Å². The smallest absolute Gasteiger partial charge is 0.238 e. The van der Waals surface area contributed by atoms with Crippen LogP contribution < -0.4 is 11.1 Å². The second-order valence-corrected chi connectivity index (χ2v) is 4.79. The maximum atomic E-state index is 12.1. The molecule has 21 heavy (non-hydrogen) atoms. The van der Waals surface area contributed by atoms with Crippen LogP contribution in [0.1, 0.15) is 12.6 Å². The fraction of sp³-hybridized carbons (Fsp3) is 0.250. The number of rotatable bonds is 6. The van der Waals surface area contributed by atoms with Crippen molar-refractivity contribution >= 4 is 17.3 Å². The van der Waals surface area contributed by atoms with Crippen LogP contribution in [-0.4, -0.2) is 28.9 Å². The lowest BCUT2D eigenvalue weighted by molar-refractivity contribution is -0.117. The Morgan fingerprint density at radius 1 is 1.24 bits per heavy atom. The molecule has 0 aliphatic heterocycles. The molecule has 1 heterocycles. The summed E-state index contributed by atoms with van der Waals surface area (Å²) in [6, 6.07) is 12.9. The maximum absolute atomic E-state index is 12.1. The van der Waals surface area contributed by atoms with E-state index < -0.39 is 0 Å². The molecule has 1 amide bonds. The number of nitrogens with one attached hydrogen (secondary N) is 1. The molecule has 1 aromatic carbocycles. The average Bonchev–Trinajstić information content (AvgIpc) is 2.50. The highest BCUT2D eigenvalue weighted by Crippen LogP contribution is 2.10. The summed E-state index contributed by atoms with van der Waals surface area (Å²) < 4.78 is 0. The molecule has 0 radical (unpaired) electrons. The van der Waals surface area contributed by atoms with Crippen molar-refractivity contribution in [1.29, 1.82) is 0 Å². The quantitative estimate of drug-likeness (QED) is 0.797. The topological polar surface area (TPSA) is 71.2 Å². The Hall–Kier alpha value is -2.40. The van der Waals surface area contributed by atoms with Gasteiger partial charge in [-0.25, -0.2) is 0 Å². The van der Waals surface area contributed by atoms with Crippen LogP contribution >= 0.6 is 0 Å². The van der Waals surface area contributed by atoms with Gasteiger partial charge in [0.1, 0.15) is 0 Å². The van der Waals surface area contributed by atoms with Gasteiger partial charge in [0.05, 0.1) is 12.2 Å². The number of hydrogen-bond acceptors (Lipinski definition) is 4. The van der Waals surface area contributed by atoms with Gasteiger partial charge in [-0.3, -0.25) is 14.7 Å². The summed E-state index contributed by atoms with van der Waals surface area (Å²) in [4.78, 5) is 18.4. The number of anilines is 2. The standard InChI is InChI=1S/C16H20N4O/c1-2-20(11-15-5-3-4-10-18-15)12-16(21)19-14-8-6-13(17)7-9-14/h3-10H,2,11-12,17H2,1H3,(H,19,21). The molecule has 3 N–H and O–H groups in total. The second kappa shape index (κ2) is 7.40. The Morgan fingerprint density at radius 2 is 2.00 bits per heavy atom. The molecule has 0 atom stereocenters. The summed E-state index contributed by atoms with van der Waals surface area (Å²) in [5.74, 6) is -0.0439. The molecule has 0 fully saturated rings. The number of pyridine rings is 1. The number of hydrogen-bond donors (Lipinski definition) is 2. The Morgan fingerprint density at radius 3 is 2.62 bits per heavy atom. The zero-order chi connectivity index (χ0) is 15.1. The van der Waals surface area contributed by atoms with Crippen molar-refractivity contribution in [3.63, 3.8) is 0 Å². The predicted molar refractivity (Wildman–Crippen MR) is 84.7 cm³/mol. The van der Waals surface area contributed by atoms with Gasteiger partial charge in [-0.1, -0.05) is 13.0 Å². The minimum Gasteiger partial charge on any atom is -0.399 e. The highest BCUT2D eigenvalue weighted by atomic mass is 16.2. The van der Waals surface area contributed by atoms with Crippen LogP contribution in [-0.2, 0) is 11.3 Å². The molecule has 2 aromatic rings. The molecule has 1 aromatic heterocycles. The van der Waals surface area contributed by atoms with Crippen LogP contribution in [0.2, 0.25) is 0 Å². The lowest BCUT2D eigenvalue weighted by atomic mass is 10.3. The average molecular weight is 284 g/mol. The van der Waals surface area contributed by atoms with Crippen LogP contribution in [0.4, 0.5) is 11.4 Å². The molecular formula is C16H20N4O. The minimum atomic E-state index is -0.0439. The number of amides is 1. The van der Waals surface area contributed by atoms with Crippen molar-refractivity contribution < 1.29 is 4.79 Å². The molecule has 5 nitrogen and oxygen atoms in total. The van der Waals surface area contributed by atoms with E-state index in [1.807, 2.05) is 30.0 Å². The van der Waals surface area contributed by atoms with Crippen LogP contribution in [0.15, 0.2) is 48.7 Å². The van der Waals surface area contributed by atoms with E-state index in [0.717, 1.165) is 17.9 Å². The van der Waals surface area contributed by atoms with Crippen molar-refractivity contribution in [1.82, 2.24) is 9.88 Å². The molecule has 0 saturated heterocycles. The lowest BCUT2D eigenvalue weighted by Gasteiger charge is -2.19. The Kier molecular flexibility index (Phi) is 5.29. The van der Waals surface area contributed by atoms with E-state index in [9.17, 15) is 4.79 Å². The summed E-state index contributed by atoms with van der Waals surface area (Å²) in [5.41, 5.74) is 8.01. The van der Waals surface area contributed by atoms with Crippen LogP contribution in [0, 0.1) is 0 Å². The Labute approximate surface area is 124 Å². The highest BCUT2D eigenvalue weighted by molar-refractivity contribution is 5.92. The Bertz CT molecular complexity index is 569. The molecular weight excluding hydrogens is 264 g/mol. The van der Waals surface area contributed by atoms with Gasteiger partial charge in [0.15, 0.2) is 0 Å². The molecule has 0 saturated carbocycles. The maximum Gasteiger partial charge on any atom is 0.238 e. The SMILES string of the molecule is CCN(CC(=O)Nc1ccc(N)cc1)Cc1ccccn1. The van der Waals surface area contributed by atoms with Gasteiger partial charge in [0.2, 0.25) is 5.91 Å². The molecule has 0 spiro atoms. The minimum absolute atomic E-state index is 0.0439. The summed E-state index contributed by atoms with van der Waals surface area (Å²) in [5, 5.41) is 2.86. The van der Waals surface area contributed by atoms with Crippen LogP contribution in [0.25, 0.3) is 0 Å². The van der Waals surface area contributed by atoms with Gasteiger partial charge >= 0.3 is 0 Å². The normalized spacial score (nSPS) is 10.6. The summed E-state index contributed by atoms with van der Waals surface area (Å²) >= 11 is 0. The summed E-state index contributed by atoms with van der Waals surface area (Å²) in [6.07, 6.45) is 1.76. The number of nitrogen functional groups attached to an aromatic ring is 1. The number of aromatic nitrogens is 1. The largest absolute Gasteiger partial charge is 0.399 e. The van der Waals surface area contributed by atoms with Crippen LogP contribution in [0.3, 0.4) is 0 Å². The lowest BCUT2D eigenvalue weighted by Crippen LogP contribution is -2.33. The number of nitrogens with zero attached hydrogens (tertiary/aromatic N) is 2. The molecule has 2 rings (SSSR count). The summed E-state index contributed by atoms with van der Waals surface area (Å²) in [6.45, 7) is 3.80. The molecule has 0 unspecified atom stereocenters. The summed E-state index contributed by atoms with van der Waals surface area (Å²) in [7, 11) is 0. The van der Waals surface area contributed by atoms with Crippen molar-refractivity contribution in [2.75, 3.05) is 24.1 Å². The molecule has 5 heteroatoms. The molecule has 0 aliphatic rings.